The highest BCUT2D eigenvalue weighted by Gasteiger charge is 1.98. The molecule has 3 nitrogen and oxygen atoms in total. The lowest BCUT2D eigenvalue weighted by Crippen LogP contribution is -1.84. The Hall–Kier alpha value is -1.38. The summed E-state index contributed by atoms with van der Waals surface area (Å²) in [5.74, 6) is 0. The largest absolute Gasteiger partial charge is 0.269 e. The van der Waals surface area contributed by atoms with Gasteiger partial charge in [0.15, 0.2) is 0 Å². The van der Waals surface area contributed by atoms with Gasteiger partial charge in [-0.25, -0.2) is 0 Å². The first-order valence-electron chi connectivity index (χ1n) is 4.59. The van der Waals surface area contributed by atoms with Crippen molar-refractivity contribution in [1.82, 2.24) is 0 Å². The Labute approximate surface area is 59.1 Å². The maximum Gasteiger partial charge on any atom is 0.269 e. The van der Waals surface area contributed by atoms with Crippen molar-refractivity contribution < 1.29 is 11.8 Å². The molecule has 1 aromatic rings. The van der Waals surface area contributed by atoms with E-state index >= 15 is 0 Å². The van der Waals surface area contributed by atoms with Gasteiger partial charge in [-0.3, -0.25) is 10.1 Å². The lowest BCUT2D eigenvalue weighted by atomic mass is 10.3. The minimum atomic E-state index is -0.986. The minimum absolute atomic E-state index is 0.634. The zero-order valence-electron chi connectivity index (χ0n) is 9.26. The van der Waals surface area contributed by atoms with Crippen molar-refractivity contribution in [2.24, 2.45) is 0 Å². The third-order valence-corrected chi connectivity index (χ3v) is 0.669. The van der Waals surface area contributed by atoms with Gasteiger partial charge in [-0.1, -0.05) is 18.1 Å². The van der Waals surface area contributed by atoms with Gasteiger partial charge in [0.05, 0.1) is 11.8 Å². The van der Waals surface area contributed by atoms with E-state index in [1.165, 1.54) is 0 Å². The zero-order chi connectivity index (χ0) is 11.0. The van der Waals surface area contributed by atoms with E-state index in [1.54, 1.807) is 0 Å². The summed E-state index contributed by atoms with van der Waals surface area (Å²) >= 11 is 0. The van der Waals surface area contributed by atoms with Crippen LogP contribution in [0.5, 0.6) is 0 Å². The molecule has 0 unspecified atom stereocenters. The van der Waals surface area contributed by atoms with Crippen LogP contribution >= 0.6 is 0 Å². The number of hydrogen-bond donors (Lipinski definition) is 0. The summed E-state index contributed by atoms with van der Waals surface area (Å²) < 4.78 is 35.7. The first-order valence-corrected chi connectivity index (χ1v) is 2.09. The number of hydrogen-bond acceptors (Lipinski definition) is 2. The van der Waals surface area contributed by atoms with E-state index in [2.05, 4.69) is 0 Å². The molecular formula is C6H5NO2. The molecule has 3 heteroatoms. The Kier molecular flexibility index (Phi) is 0.526. The molecule has 0 amide bonds. The summed E-state index contributed by atoms with van der Waals surface area (Å²) in [5.41, 5.74) is -0.893. The maximum absolute atomic E-state index is 10.4. The Morgan fingerprint density at radius 2 is 2.00 bits per heavy atom. The number of para-hydroxylation sites is 1. The summed E-state index contributed by atoms with van der Waals surface area (Å²) in [7, 11) is 0. The normalized spacial score (nSPS) is 16.7. The van der Waals surface area contributed by atoms with E-state index in [1.807, 2.05) is 0 Å². The molecular weight excluding hydrogens is 118 g/mol. The summed E-state index contributed by atoms with van der Waals surface area (Å²) in [4.78, 5) is 9.41. The number of nitro benzene ring substituents is 1. The Balaban J connectivity index is 3.68. The van der Waals surface area contributed by atoms with Crippen LogP contribution in [0, 0.1) is 10.1 Å². The molecule has 0 N–H and O–H groups in total. The molecule has 0 atom stereocenters. The average Bonchev–Trinajstić information content (AvgIpc) is 2.11. The molecule has 0 aliphatic heterocycles. The molecule has 0 fully saturated rings. The fourth-order valence-electron chi connectivity index (χ4n) is 0.335. The molecule has 0 aromatic heterocycles. The van der Waals surface area contributed by atoms with Crippen LogP contribution in [0.3, 0.4) is 0 Å². The smallest absolute Gasteiger partial charge is 0.258 e. The topological polar surface area (TPSA) is 43.1 Å². The molecule has 0 saturated heterocycles. The van der Waals surface area contributed by atoms with Gasteiger partial charge in [-0.05, 0) is 0 Å². The van der Waals surface area contributed by atoms with Gasteiger partial charge in [-0.15, -0.1) is 0 Å². The second-order valence-corrected chi connectivity index (χ2v) is 1.23. The van der Waals surface area contributed by atoms with E-state index in [0.29, 0.717) is 0 Å². The second kappa shape index (κ2) is 2.26. The Morgan fingerprint density at radius 1 is 1.44 bits per heavy atom. The van der Waals surface area contributed by atoms with Crippen molar-refractivity contribution in [3.63, 3.8) is 0 Å². The molecule has 0 saturated carbocycles. The van der Waals surface area contributed by atoms with E-state index in [-0.39, 0.29) is 0 Å². The predicted octanol–water partition coefficient (Wildman–Crippen LogP) is 1.59. The van der Waals surface area contributed by atoms with Crippen LogP contribution in [0.4, 0.5) is 5.69 Å². The lowest BCUT2D eigenvalue weighted by Gasteiger charge is -1.85. The first kappa shape index (κ1) is 2.10. The van der Waals surface area contributed by atoms with Crippen LogP contribution in [0.2, 0.25) is 0 Å². The van der Waals surface area contributed by atoms with Crippen LogP contribution in [0.1, 0.15) is 6.85 Å². The van der Waals surface area contributed by atoms with Crippen LogP contribution in [-0.2, 0) is 0 Å². The molecule has 0 aliphatic carbocycles. The molecule has 1 rings (SSSR count). The number of benzene rings is 1. The van der Waals surface area contributed by atoms with Gasteiger partial charge in [0, 0.05) is 12.1 Å². The van der Waals surface area contributed by atoms with E-state index in [9.17, 15) is 10.1 Å². The Bertz CT molecular complexity index is 390. The van der Waals surface area contributed by atoms with Crippen LogP contribution in [0.25, 0.3) is 0 Å². The van der Waals surface area contributed by atoms with Gasteiger partial charge in [0.1, 0.15) is 0 Å². The van der Waals surface area contributed by atoms with E-state index < -0.39 is 40.8 Å². The van der Waals surface area contributed by atoms with E-state index in [0.717, 1.165) is 0 Å². The van der Waals surface area contributed by atoms with Crippen molar-refractivity contribution in [3.8, 4) is 0 Å². The fraction of sp³-hybridized carbons (Fsp3) is 0. The highest BCUT2D eigenvalue weighted by molar-refractivity contribution is 5.27. The van der Waals surface area contributed by atoms with Crippen molar-refractivity contribution in [1.29, 1.82) is 0 Å². The summed E-state index contributed by atoms with van der Waals surface area (Å²) in [6.45, 7) is 0. The van der Waals surface area contributed by atoms with Crippen LogP contribution in [-0.4, -0.2) is 4.92 Å². The van der Waals surface area contributed by atoms with Gasteiger partial charge in [-0.2, -0.15) is 0 Å². The monoisotopic (exact) mass is 128 g/mol. The highest BCUT2D eigenvalue weighted by Crippen LogP contribution is 2.06. The predicted molar refractivity (Wildman–Crippen MR) is 33.1 cm³/mol. The lowest BCUT2D eigenvalue weighted by molar-refractivity contribution is -0.384. The van der Waals surface area contributed by atoms with Gasteiger partial charge < -0.3 is 0 Å². The minimum Gasteiger partial charge on any atom is -0.258 e. The fourth-order valence-corrected chi connectivity index (χ4v) is 0.335. The molecule has 9 heavy (non-hydrogen) atoms. The average molecular weight is 128 g/mol. The van der Waals surface area contributed by atoms with Crippen molar-refractivity contribution >= 4 is 5.69 Å². The molecule has 0 bridgehead atoms. The summed E-state index contributed by atoms with van der Waals surface area (Å²) in [5, 5.41) is 10.4. The number of rotatable bonds is 1. The van der Waals surface area contributed by atoms with E-state index in [4.69, 9.17) is 6.85 Å². The number of nitro groups is 1. The molecule has 46 valence electrons. The van der Waals surface area contributed by atoms with Crippen molar-refractivity contribution in [2.45, 2.75) is 0 Å². The van der Waals surface area contributed by atoms with Gasteiger partial charge in [0.2, 0.25) is 0 Å². The third kappa shape index (κ3) is 1.25. The standard InChI is InChI=1S/C6H5NO2/c8-7(9)6-4-2-1-3-5-6/h1-5H/i1D,2D,3D,4D,5D. The first-order chi connectivity index (χ1) is 6.37. The quantitative estimate of drug-likeness (QED) is 0.425. The molecule has 1 aromatic carbocycles. The second-order valence-electron chi connectivity index (χ2n) is 1.23. The SMILES string of the molecule is [2H]c1c([2H])c([2H])c([N+](=O)[O-])c([2H])c1[2H]. The summed E-state index contributed by atoms with van der Waals surface area (Å²) in [6.07, 6.45) is 0. The summed E-state index contributed by atoms with van der Waals surface area (Å²) in [6, 6.07) is -3.61. The maximum atomic E-state index is 10.4. The number of nitrogens with zero attached hydrogens (tertiary/aromatic N) is 1. The van der Waals surface area contributed by atoms with Crippen LogP contribution < -0.4 is 0 Å². The molecule has 0 spiro atoms. The molecule has 0 aliphatic rings. The molecule has 0 heterocycles. The van der Waals surface area contributed by atoms with Gasteiger partial charge >= 0.3 is 0 Å². The molecule has 0 radical (unpaired) electrons. The van der Waals surface area contributed by atoms with Crippen molar-refractivity contribution in [2.75, 3.05) is 0 Å². The third-order valence-electron chi connectivity index (χ3n) is 0.669. The Morgan fingerprint density at radius 3 is 2.44 bits per heavy atom. The highest BCUT2D eigenvalue weighted by atomic mass is 16.6. The zero-order valence-corrected chi connectivity index (χ0v) is 4.26. The van der Waals surface area contributed by atoms with Gasteiger partial charge in [0.25, 0.3) is 5.69 Å². The van der Waals surface area contributed by atoms with Crippen molar-refractivity contribution in [3.05, 3.63) is 40.3 Å². The van der Waals surface area contributed by atoms with Crippen LogP contribution in [0.15, 0.2) is 30.2 Å².